The van der Waals surface area contributed by atoms with E-state index in [4.69, 9.17) is 0 Å². The van der Waals surface area contributed by atoms with Gasteiger partial charge in [0.25, 0.3) is 0 Å². The smallest absolute Gasteiger partial charge is 0.0444 e. The molecule has 11 heavy (non-hydrogen) atoms. The molecule has 68 valence electrons. The van der Waals surface area contributed by atoms with E-state index < -0.39 is 0 Å². The van der Waals surface area contributed by atoms with E-state index in [0.717, 1.165) is 0 Å². The Kier molecular flexibility index (Phi) is 5.51. The molecular formula is C9H22N2. The Balaban J connectivity index is 0.000000222. The van der Waals surface area contributed by atoms with Crippen LogP contribution in [0.25, 0.3) is 0 Å². The number of nitrogens with one attached hydrogen (secondary N) is 2. The zero-order valence-electron chi connectivity index (χ0n) is 8.33. The van der Waals surface area contributed by atoms with Crippen LogP contribution in [0.1, 0.15) is 34.1 Å². The van der Waals surface area contributed by atoms with Crippen LogP contribution in [0.3, 0.4) is 0 Å². The van der Waals surface area contributed by atoms with Crippen molar-refractivity contribution in [1.82, 2.24) is 10.6 Å². The Hall–Kier alpha value is -0.0800. The monoisotopic (exact) mass is 158 g/mol. The quantitative estimate of drug-likeness (QED) is 0.556. The molecule has 0 atom stereocenters. The van der Waals surface area contributed by atoms with E-state index in [1.54, 1.807) is 0 Å². The van der Waals surface area contributed by atoms with Crippen molar-refractivity contribution < 1.29 is 0 Å². The molecule has 1 spiro atoms. The summed E-state index contributed by atoms with van der Waals surface area (Å²) in [4.78, 5) is 0. The second-order valence-corrected chi connectivity index (χ2v) is 2.56. The first kappa shape index (κ1) is 10.9. The normalized spacial score (nSPS) is 22.9. The molecule has 2 rings (SSSR count). The molecule has 0 amide bonds. The lowest BCUT2D eigenvalue weighted by molar-refractivity contribution is 0.128. The molecule has 0 saturated carbocycles. The third-order valence-electron chi connectivity index (χ3n) is 2.03. The molecule has 0 aromatic heterocycles. The van der Waals surface area contributed by atoms with Gasteiger partial charge < -0.3 is 10.6 Å². The van der Waals surface area contributed by atoms with Crippen LogP contribution in [0.4, 0.5) is 0 Å². The Morgan fingerprint density at radius 2 is 1.45 bits per heavy atom. The van der Waals surface area contributed by atoms with Crippen LogP contribution in [0.5, 0.6) is 0 Å². The fraction of sp³-hybridized carbons (Fsp3) is 1.00. The SMILES string of the molecule is C1CC2(CNC2)N1.CC.CC. The molecule has 0 aromatic carbocycles. The minimum Gasteiger partial charge on any atom is -0.313 e. The summed E-state index contributed by atoms with van der Waals surface area (Å²) in [5.41, 5.74) is 0.583. The van der Waals surface area contributed by atoms with E-state index in [9.17, 15) is 0 Å². The maximum absolute atomic E-state index is 3.40. The van der Waals surface area contributed by atoms with Gasteiger partial charge in [-0.15, -0.1) is 0 Å². The van der Waals surface area contributed by atoms with E-state index in [0.29, 0.717) is 5.54 Å². The van der Waals surface area contributed by atoms with Gasteiger partial charge in [-0.05, 0) is 13.0 Å². The van der Waals surface area contributed by atoms with Crippen molar-refractivity contribution in [3.05, 3.63) is 0 Å². The summed E-state index contributed by atoms with van der Waals surface area (Å²) in [6, 6.07) is 0. The van der Waals surface area contributed by atoms with Gasteiger partial charge in [0.15, 0.2) is 0 Å². The van der Waals surface area contributed by atoms with Crippen LogP contribution in [0, 0.1) is 0 Å². The Morgan fingerprint density at radius 3 is 1.45 bits per heavy atom. The Bertz CT molecular complexity index is 68.1. The van der Waals surface area contributed by atoms with Crippen molar-refractivity contribution >= 4 is 0 Å². The van der Waals surface area contributed by atoms with Gasteiger partial charge in [0.2, 0.25) is 0 Å². The summed E-state index contributed by atoms with van der Waals surface area (Å²) in [5.74, 6) is 0. The van der Waals surface area contributed by atoms with Crippen LogP contribution in [0.2, 0.25) is 0 Å². The van der Waals surface area contributed by atoms with Crippen LogP contribution >= 0.6 is 0 Å². The minimum atomic E-state index is 0.583. The lowest BCUT2D eigenvalue weighted by Gasteiger charge is -2.50. The standard InChI is InChI=1S/C5H10N2.2C2H6/c1-2-7-5(1)3-6-4-5;2*1-2/h6-7H,1-4H2;2*1-2H3. The molecule has 0 unspecified atom stereocenters. The fourth-order valence-corrected chi connectivity index (χ4v) is 1.21. The van der Waals surface area contributed by atoms with Gasteiger partial charge >= 0.3 is 0 Å². The topological polar surface area (TPSA) is 24.1 Å². The first-order chi connectivity index (χ1) is 5.41. The number of hydrogen-bond donors (Lipinski definition) is 2. The van der Waals surface area contributed by atoms with E-state index in [1.807, 2.05) is 27.7 Å². The van der Waals surface area contributed by atoms with Gasteiger partial charge in [-0.25, -0.2) is 0 Å². The van der Waals surface area contributed by atoms with Gasteiger partial charge in [-0.3, -0.25) is 0 Å². The number of hydrogen-bond acceptors (Lipinski definition) is 2. The van der Waals surface area contributed by atoms with Crippen molar-refractivity contribution in [2.45, 2.75) is 39.7 Å². The Morgan fingerprint density at radius 1 is 1.00 bits per heavy atom. The van der Waals surface area contributed by atoms with Crippen LogP contribution in [-0.4, -0.2) is 25.2 Å². The van der Waals surface area contributed by atoms with Crippen molar-refractivity contribution in [3.8, 4) is 0 Å². The third kappa shape index (κ3) is 2.46. The molecular weight excluding hydrogens is 136 g/mol. The highest BCUT2D eigenvalue weighted by Crippen LogP contribution is 2.21. The first-order valence-corrected chi connectivity index (χ1v) is 4.87. The molecule has 0 aliphatic carbocycles. The van der Waals surface area contributed by atoms with E-state index in [1.165, 1.54) is 26.1 Å². The molecule has 2 heteroatoms. The summed E-state index contributed by atoms with van der Waals surface area (Å²) in [6.45, 7) is 11.6. The lowest BCUT2D eigenvalue weighted by atomic mass is 9.82. The summed E-state index contributed by atoms with van der Waals surface area (Å²) >= 11 is 0. The first-order valence-electron chi connectivity index (χ1n) is 4.87. The zero-order valence-corrected chi connectivity index (χ0v) is 8.33. The molecule has 2 heterocycles. The van der Waals surface area contributed by atoms with Gasteiger partial charge in [0.1, 0.15) is 0 Å². The molecule has 0 bridgehead atoms. The Labute approximate surface area is 70.8 Å². The maximum Gasteiger partial charge on any atom is 0.0444 e. The zero-order chi connectivity index (χ0) is 8.74. The van der Waals surface area contributed by atoms with Crippen LogP contribution in [0.15, 0.2) is 0 Å². The van der Waals surface area contributed by atoms with E-state index >= 15 is 0 Å². The summed E-state index contributed by atoms with van der Waals surface area (Å²) in [7, 11) is 0. The van der Waals surface area contributed by atoms with Gasteiger partial charge in [0.05, 0.1) is 0 Å². The second-order valence-electron chi connectivity index (χ2n) is 2.56. The molecule has 2 fully saturated rings. The number of rotatable bonds is 0. The molecule has 2 saturated heterocycles. The molecule has 2 aliphatic rings. The predicted octanol–water partition coefficient (Wildman–Crippen LogP) is 1.37. The third-order valence-corrected chi connectivity index (χ3v) is 2.03. The molecule has 2 aliphatic heterocycles. The lowest BCUT2D eigenvalue weighted by Crippen LogP contribution is -2.74. The average molecular weight is 158 g/mol. The van der Waals surface area contributed by atoms with Gasteiger partial charge in [-0.2, -0.15) is 0 Å². The molecule has 0 radical (unpaired) electrons. The maximum atomic E-state index is 3.40. The van der Waals surface area contributed by atoms with Crippen molar-refractivity contribution in [1.29, 1.82) is 0 Å². The van der Waals surface area contributed by atoms with Gasteiger partial charge in [-0.1, -0.05) is 27.7 Å². The summed E-state index contributed by atoms with van der Waals surface area (Å²) in [5, 5.41) is 6.64. The average Bonchev–Trinajstić information content (AvgIpc) is 1.90. The highest BCUT2D eigenvalue weighted by atomic mass is 15.2. The molecule has 0 aromatic rings. The fourth-order valence-electron chi connectivity index (χ4n) is 1.21. The summed E-state index contributed by atoms with van der Waals surface area (Å²) < 4.78 is 0. The molecule has 2 N–H and O–H groups in total. The highest BCUT2D eigenvalue weighted by molar-refractivity contribution is 5.06. The second kappa shape index (κ2) is 5.56. The highest BCUT2D eigenvalue weighted by Gasteiger charge is 2.41. The van der Waals surface area contributed by atoms with Crippen LogP contribution < -0.4 is 10.6 Å². The minimum absolute atomic E-state index is 0.583. The van der Waals surface area contributed by atoms with Crippen molar-refractivity contribution in [2.75, 3.05) is 19.6 Å². The van der Waals surface area contributed by atoms with Gasteiger partial charge in [0, 0.05) is 18.6 Å². The largest absolute Gasteiger partial charge is 0.313 e. The van der Waals surface area contributed by atoms with E-state index in [-0.39, 0.29) is 0 Å². The molecule has 2 nitrogen and oxygen atoms in total. The van der Waals surface area contributed by atoms with Crippen molar-refractivity contribution in [3.63, 3.8) is 0 Å². The van der Waals surface area contributed by atoms with Crippen LogP contribution in [-0.2, 0) is 0 Å². The summed E-state index contributed by atoms with van der Waals surface area (Å²) in [6.07, 6.45) is 1.39. The van der Waals surface area contributed by atoms with E-state index in [2.05, 4.69) is 10.6 Å². The van der Waals surface area contributed by atoms with Crippen molar-refractivity contribution in [2.24, 2.45) is 0 Å². The predicted molar refractivity (Wildman–Crippen MR) is 50.9 cm³/mol.